The number of Topliss-reactive ketones (excluding diaryl/α,β-unsaturated/α-hetero) is 1. The van der Waals surface area contributed by atoms with Gasteiger partial charge in [-0.1, -0.05) is 103 Å². The molecule has 10 nitrogen and oxygen atoms in total. The monoisotopic (exact) mass is 709 g/mol. The van der Waals surface area contributed by atoms with Gasteiger partial charge in [-0.3, -0.25) is 14.4 Å². The van der Waals surface area contributed by atoms with Crippen LogP contribution in [0.1, 0.15) is 54.8 Å². The third-order valence-electron chi connectivity index (χ3n) is 8.77. The van der Waals surface area contributed by atoms with Crippen LogP contribution < -0.4 is 15.9 Å². The van der Waals surface area contributed by atoms with Crippen molar-refractivity contribution in [2.75, 3.05) is 6.79 Å². The number of ketones is 1. The zero-order chi connectivity index (χ0) is 36.9. The summed E-state index contributed by atoms with van der Waals surface area (Å²) in [6, 6.07) is 32.2. The van der Waals surface area contributed by atoms with Crippen LogP contribution in [0.4, 0.5) is 0 Å². The van der Waals surface area contributed by atoms with E-state index in [9.17, 15) is 34.2 Å². The molecule has 4 aromatic carbocycles. The third kappa shape index (κ3) is 7.43. The summed E-state index contributed by atoms with van der Waals surface area (Å²) >= 11 is 0. The number of carboxylic acid groups (broad SMARTS) is 1. The summed E-state index contributed by atoms with van der Waals surface area (Å²) in [6.07, 6.45) is -1.53. The van der Waals surface area contributed by atoms with E-state index in [0.29, 0.717) is 15.9 Å². The number of carbonyl (C=O) groups is 5. The van der Waals surface area contributed by atoms with Crippen LogP contribution in [0.3, 0.4) is 0 Å². The molecular formula is C40H40NO9P. The van der Waals surface area contributed by atoms with E-state index >= 15 is 0 Å². The fraction of sp³-hybridized carbons (Fsp3) is 0.250. The first-order valence-electron chi connectivity index (χ1n) is 16.4. The zero-order valence-electron chi connectivity index (χ0n) is 28.8. The number of β-lactam (4-membered cyclic amide) rings is 1. The van der Waals surface area contributed by atoms with Crippen molar-refractivity contribution in [2.24, 2.45) is 11.3 Å². The number of amides is 1. The SMILES string of the molecule is C[C@@H](O)[C@H]1C(=O)N(C(C(=O)OCOC(=O)C(C)(C)C)=P(c2ccccc2)(c2ccccc2)c2ccccc2)[C@@H]1CC(=O)c1cccc(C(=O)O)c1. The minimum atomic E-state index is -3.37. The average molecular weight is 710 g/mol. The number of rotatable bonds is 12. The molecule has 0 spiro atoms. The van der Waals surface area contributed by atoms with Crippen LogP contribution in [0.5, 0.6) is 0 Å². The number of aliphatic hydroxyl groups is 1. The highest BCUT2D eigenvalue weighted by Gasteiger charge is 2.55. The second kappa shape index (κ2) is 15.3. The van der Waals surface area contributed by atoms with Crippen molar-refractivity contribution in [2.45, 2.75) is 46.3 Å². The quantitative estimate of drug-likeness (QED) is 0.0720. The lowest BCUT2D eigenvalue weighted by Gasteiger charge is -2.50. The number of aliphatic hydroxyl groups excluding tert-OH is 1. The van der Waals surface area contributed by atoms with E-state index in [-0.39, 0.29) is 23.0 Å². The van der Waals surface area contributed by atoms with E-state index in [1.165, 1.54) is 36.1 Å². The predicted molar refractivity (Wildman–Crippen MR) is 195 cm³/mol. The largest absolute Gasteiger partial charge is 0.478 e. The summed E-state index contributed by atoms with van der Waals surface area (Å²) in [4.78, 5) is 68.6. The number of carboxylic acids is 1. The summed E-state index contributed by atoms with van der Waals surface area (Å²) in [5, 5.41) is 22.5. The molecule has 264 valence electrons. The molecule has 1 saturated heterocycles. The molecule has 1 aliphatic heterocycles. The van der Waals surface area contributed by atoms with E-state index in [0.717, 1.165) is 0 Å². The number of hydrogen-bond donors (Lipinski definition) is 2. The molecule has 1 amide bonds. The molecule has 0 aromatic heterocycles. The summed E-state index contributed by atoms with van der Waals surface area (Å²) in [5.41, 5.74) is -0.920. The molecule has 0 unspecified atom stereocenters. The lowest BCUT2D eigenvalue weighted by molar-refractivity contribution is -0.171. The highest BCUT2D eigenvalue weighted by Crippen LogP contribution is 2.50. The number of esters is 2. The van der Waals surface area contributed by atoms with Crippen LogP contribution in [0.25, 0.3) is 0 Å². The van der Waals surface area contributed by atoms with Crippen LogP contribution in [-0.2, 0) is 23.9 Å². The molecule has 0 radical (unpaired) electrons. The maximum atomic E-state index is 14.8. The van der Waals surface area contributed by atoms with Crippen LogP contribution in [0.15, 0.2) is 115 Å². The fourth-order valence-electron chi connectivity index (χ4n) is 6.29. The summed E-state index contributed by atoms with van der Waals surface area (Å²) in [7, 11) is 0. The van der Waals surface area contributed by atoms with Crippen molar-refractivity contribution in [3.8, 4) is 0 Å². The number of benzene rings is 4. The third-order valence-corrected chi connectivity index (χ3v) is 13.0. The van der Waals surface area contributed by atoms with Crippen LogP contribution in [0.2, 0.25) is 0 Å². The molecule has 3 atom stereocenters. The van der Waals surface area contributed by atoms with Gasteiger partial charge in [0.15, 0.2) is 5.78 Å². The smallest absolute Gasteiger partial charge is 0.358 e. The Morgan fingerprint density at radius 2 is 1.25 bits per heavy atom. The number of carbonyl (C=O) groups excluding carboxylic acids is 4. The van der Waals surface area contributed by atoms with Gasteiger partial charge >= 0.3 is 17.9 Å². The molecular weight excluding hydrogens is 669 g/mol. The molecule has 4 aromatic rings. The number of hydrogen-bond acceptors (Lipinski definition) is 8. The lowest BCUT2D eigenvalue weighted by Crippen LogP contribution is -2.68. The lowest BCUT2D eigenvalue weighted by atomic mass is 9.79. The Labute approximate surface area is 296 Å². The molecule has 1 fully saturated rings. The average Bonchev–Trinajstić information content (AvgIpc) is 3.12. The predicted octanol–water partition coefficient (Wildman–Crippen LogP) is 4.38. The van der Waals surface area contributed by atoms with Gasteiger partial charge in [-0.05, 0) is 55.7 Å². The van der Waals surface area contributed by atoms with Gasteiger partial charge in [0.25, 0.3) is 0 Å². The molecule has 0 aliphatic carbocycles. The van der Waals surface area contributed by atoms with Crippen LogP contribution in [0, 0.1) is 11.3 Å². The standard InChI is InChI=1S/C40H40NO9P/c1-26(42)34-32(24-33(43)27-15-14-16-28(23-27)37(45)46)41(35(34)44)36(38(47)49-25-50-39(48)40(2,3)4)51(29-17-8-5-9-18-29,30-19-10-6-11-20-30)31-21-12-7-13-22-31/h5-23,26,32,34,42H,24-25H2,1-4H3,(H,45,46)/t26-,32-,34-/m1/s1. The zero-order valence-corrected chi connectivity index (χ0v) is 29.7. The number of nitrogens with zero attached hydrogens (tertiary/aromatic N) is 1. The van der Waals surface area contributed by atoms with Crippen molar-refractivity contribution < 1.29 is 43.7 Å². The van der Waals surface area contributed by atoms with Gasteiger partial charge < -0.3 is 24.6 Å². The van der Waals surface area contributed by atoms with Crippen LogP contribution in [-0.4, -0.2) is 69.1 Å². The Hall–Kier alpha value is -5.31. The molecule has 5 rings (SSSR count). The molecule has 1 heterocycles. The van der Waals surface area contributed by atoms with Gasteiger partial charge in [0.1, 0.15) is 5.42 Å². The maximum absolute atomic E-state index is 14.8. The van der Waals surface area contributed by atoms with Crippen molar-refractivity contribution in [3.05, 3.63) is 126 Å². The van der Waals surface area contributed by atoms with Gasteiger partial charge in [0.05, 0.1) is 29.0 Å². The highest BCUT2D eigenvalue weighted by molar-refractivity contribution is 7.96. The van der Waals surface area contributed by atoms with Gasteiger partial charge in [0, 0.05) is 18.9 Å². The van der Waals surface area contributed by atoms with E-state index in [1.807, 2.05) is 91.0 Å². The summed E-state index contributed by atoms with van der Waals surface area (Å²) in [6.45, 7) is 2.33. The molecule has 11 heteroatoms. The minimum Gasteiger partial charge on any atom is -0.478 e. The van der Waals surface area contributed by atoms with E-state index in [2.05, 4.69) is 0 Å². The van der Waals surface area contributed by atoms with Gasteiger partial charge in [0.2, 0.25) is 12.7 Å². The number of likely N-dealkylation sites (tertiary alicyclic amines) is 1. The molecule has 2 N–H and O–H groups in total. The summed E-state index contributed by atoms with van der Waals surface area (Å²) < 4.78 is 11.0. The molecule has 0 bridgehead atoms. The fourth-order valence-corrected chi connectivity index (χ4v) is 10.7. The number of ether oxygens (including phenoxy) is 2. The van der Waals surface area contributed by atoms with Crippen molar-refractivity contribution in [3.63, 3.8) is 0 Å². The topological polar surface area (TPSA) is 148 Å². The molecule has 51 heavy (non-hydrogen) atoms. The Morgan fingerprint density at radius 3 is 1.71 bits per heavy atom. The first-order chi connectivity index (χ1) is 24.3. The Morgan fingerprint density at radius 1 is 0.765 bits per heavy atom. The number of aromatic carboxylic acids is 1. The van der Waals surface area contributed by atoms with Gasteiger partial charge in [-0.25, -0.2) is 9.59 Å². The van der Waals surface area contributed by atoms with Crippen molar-refractivity contribution in [1.29, 1.82) is 0 Å². The van der Waals surface area contributed by atoms with Crippen LogP contribution >= 0.6 is 6.89 Å². The molecule has 0 saturated carbocycles. The first kappa shape index (κ1) is 37.0. The van der Waals surface area contributed by atoms with E-state index < -0.39 is 66.8 Å². The molecule has 1 aliphatic rings. The Bertz CT molecular complexity index is 1880. The second-order valence-electron chi connectivity index (χ2n) is 13.3. The Kier molecular flexibility index (Phi) is 11.1. The first-order valence-corrected chi connectivity index (χ1v) is 18.2. The van der Waals surface area contributed by atoms with Crippen molar-refractivity contribution in [1.82, 2.24) is 4.90 Å². The van der Waals surface area contributed by atoms with Gasteiger partial charge in [-0.2, -0.15) is 0 Å². The maximum Gasteiger partial charge on any atom is 0.358 e. The van der Waals surface area contributed by atoms with Crippen molar-refractivity contribution >= 4 is 57.8 Å². The summed E-state index contributed by atoms with van der Waals surface area (Å²) in [5.74, 6) is -4.89. The minimum absolute atomic E-state index is 0.0584. The van der Waals surface area contributed by atoms with E-state index in [4.69, 9.17) is 9.47 Å². The van der Waals surface area contributed by atoms with E-state index in [1.54, 1.807) is 20.8 Å². The Balaban J connectivity index is 1.79. The second-order valence-corrected chi connectivity index (χ2v) is 16.6. The highest BCUT2D eigenvalue weighted by atomic mass is 31.2. The normalized spacial score (nSPS) is 16.4. The van der Waals surface area contributed by atoms with Gasteiger partial charge in [-0.15, -0.1) is 0 Å².